The van der Waals surface area contributed by atoms with E-state index in [4.69, 9.17) is 10.5 Å². The van der Waals surface area contributed by atoms with Crippen molar-refractivity contribution >= 4 is 5.91 Å². The molecule has 0 aliphatic carbocycles. The van der Waals surface area contributed by atoms with Gasteiger partial charge in [0.05, 0.1) is 6.61 Å². The van der Waals surface area contributed by atoms with E-state index in [2.05, 4.69) is 5.32 Å². The molecule has 4 nitrogen and oxygen atoms in total. The summed E-state index contributed by atoms with van der Waals surface area (Å²) in [7, 11) is 0. The van der Waals surface area contributed by atoms with E-state index in [-0.39, 0.29) is 6.61 Å². The van der Waals surface area contributed by atoms with Crippen LogP contribution < -0.4 is 11.1 Å². The number of hydrogen-bond acceptors (Lipinski definition) is 3. The molecule has 0 saturated heterocycles. The summed E-state index contributed by atoms with van der Waals surface area (Å²) < 4.78 is 5.45. The predicted octanol–water partition coefficient (Wildman–Crippen LogP) is 1.40. The molecule has 100 valence electrons. The maximum Gasteiger partial charge on any atom is 0.244 e. The van der Waals surface area contributed by atoms with Gasteiger partial charge in [-0.2, -0.15) is 0 Å². The van der Waals surface area contributed by atoms with Crippen LogP contribution in [0.15, 0.2) is 30.3 Å². The third kappa shape index (κ3) is 3.31. The molecule has 1 aromatic rings. The van der Waals surface area contributed by atoms with Crippen LogP contribution >= 0.6 is 0 Å². The Bertz CT molecular complexity index is 357. The normalized spacial score (nSPS) is 14.1. The standard InChI is InChI=1S/C14H22N2O2/c1-3-10-16-14(13(15)17,11-18-4-2)12-8-6-5-7-9-12/h5-9,16H,3-4,10-11H2,1-2H3,(H2,15,17). The second-order valence-corrected chi connectivity index (χ2v) is 4.20. The Balaban J connectivity index is 3.07. The quantitative estimate of drug-likeness (QED) is 0.733. The van der Waals surface area contributed by atoms with E-state index < -0.39 is 11.4 Å². The molecule has 0 bridgehead atoms. The van der Waals surface area contributed by atoms with Crippen molar-refractivity contribution in [3.05, 3.63) is 35.9 Å². The van der Waals surface area contributed by atoms with E-state index in [9.17, 15) is 4.79 Å². The van der Waals surface area contributed by atoms with Crippen molar-refractivity contribution in [2.45, 2.75) is 25.8 Å². The first-order valence-corrected chi connectivity index (χ1v) is 6.35. The first kappa shape index (κ1) is 14.7. The smallest absolute Gasteiger partial charge is 0.244 e. The van der Waals surface area contributed by atoms with E-state index in [1.807, 2.05) is 44.2 Å². The Hall–Kier alpha value is -1.39. The molecule has 18 heavy (non-hydrogen) atoms. The summed E-state index contributed by atoms with van der Waals surface area (Å²) in [5, 5.41) is 3.23. The third-order valence-corrected chi connectivity index (χ3v) is 2.89. The number of carbonyl (C=O) groups excluding carboxylic acids is 1. The molecule has 0 aliphatic heterocycles. The van der Waals surface area contributed by atoms with Gasteiger partial charge in [0.2, 0.25) is 5.91 Å². The zero-order valence-corrected chi connectivity index (χ0v) is 11.1. The molecular weight excluding hydrogens is 228 g/mol. The number of ether oxygens (including phenoxy) is 1. The summed E-state index contributed by atoms with van der Waals surface area (Å²) in [4.78, 5) is 11.9. The van der Waals surface area contributed by atoms with Crippen LogP contribution in [-0.4, -0.2) is 25.7 Å². The Morgan fingerprint density at radius 2 is 2.00 bits per heavy atom. The molecule has 0 saturated carbocycles. The molecule has 1 unspecified atom stereocenters. The van der Waals surface area contributed by atoms with Gasteiger partial charge in [0.1, 0.15) is 5.54 Å². The van der Waals surface area contributed by atoms with Crippen LogP contribution in [0.25, 0.3) is 0 Å². The highest BCUT2D eigenvalue weighted by Gasteiger charge is 2.38. The summed E-state index contributed by atoms with van der Waals surface area (Å²) in [5.74, 6) is -0.407. The Morgan fingerprint density at radius 1 is 1.33 bits per heavy atom. The van der Waals surface area contributed by atoms with E-state index in [0.29, 0.717) is 13.2 Å². The molecule has 0 fully saturated rings. The lowest BCUT2D eigenvalue weighted by Crippen LogP contribution is -2.56. The molecule has 0 spiro atoms. The first-order valence-electron chi connectivity index (χ1n) is 6.35. The van der Waals surface area contributed by atoms with E-state index in [1.54, 1.807) is 0 Å². The minimum atomic E-state index is -0.937. The molecule has 0 aliphatic rings. The number of primary amides is 1. The summed E-state index contributed by atoms with van der Waals surface area (Å²) >= 11 is 0. The lowest BCUT2D eigenvalue weighted by atomic mass is 9.89. The fourth-order valence-corrected chi connectivity index (χ4v) is 1.85. The number of rotatable bonds is 8. The molecule has 0 radical (unpaired) electrons. The minimum absolute atomic E-state index is 0.253. The van der Waals surface area contributed by atoms with Gasteiger partial charge in [0, 0.05) is 6.61 Å². The molecule has 1 rings (SSSR count). The SMILES string of the molecule is CCCNC(COCC)(C(N)=O)c1ccccc1. The number of nitrogens with one attached hydrogen (secondary N) is 1. The van der Waals surface area contributed by atoms with Crippen LogP contribution in [0.1, 0.15) is 25.8 Å². The van der Waals surface area contributed by atoms with Gasteiger partial charge >= 0.3 is 0 Å². The number of hydrogen-bond donors (Lipinski definition) is 2. The molecule has 0 heterocycles. The zero-order chi connectivity index (χ0) is 13.4. The minimum Gasteiger partial charge on any atom is -0.379 e. The molecular formula is C14H22N2O2. The maximum atomic E-state index is 11.9. The lowest BCUT2D eigenvalue weighted by molar-refractivity contribution is -0.127. The van der Waals surface area contributed by atoms with Crippen molar-refractivity contribution in [2.24, 2.45) is 5.73 Å². The molecule has 4 heteroatoms. The van der Waals surface area contributed by atoms with Crippen LogP contribution in [0, 0.1) is 0 Å². The fourth-order valence-electron chi connectivity index (χ4n) is 1.85. The van der Waals surface area contributed by atoms with Crippen molar-refractivity contribution in [1.82, 2.24) is 5.32 Å². The van der Waals surface area contributed by atoms with Gasteiger partial charge in [0.15, 0.2) is 0 Å². The van der Waals surface area contributed by atoms with Crippen LogP contribution in [0.5, 0.6) is 0 Å². The predicted molar refractivity (Wildman–Crippen MR) is 72.1 cm³/mol. The van der Waals surface area contributed by atoms with Crippen LogP contribution in [-0.2, 0) is 15.1 Å². The maximum absolute atomic E-state index is 11.9. The van der Waals surface area contributed by atoms with E-state index in [0.717, 1.165) is 12.0 Å². The van der Waals surface area contributed by atoms with Gasteiger partial charge in [0.25, 0.3) is 0 Å². The first-order chi connectivity index (χ1) is 8.67. The fraction of sp³-hybridized carbons (Fsp3) is 0.500. The highest BCUT2D eigenvalue weighted by Crippen LogP contribution is 2.21. The van der Waals surface area contributed by atoms with Crippen molar-refractivity contribution in [3.63, 3.8) is 0 Å². The molecule has 1 amide bonds. The summed E-state index contributed by atoms with van der Waals surface area (Å²) in [6.45, 7) is 5.46. The lowest BCUT2D eigenvalue weighted by Gasteiger charge is -2.32. The summed E-state index contributed by atoms with van der Waals surface area (Å²) in [5.41, 5.74) is 5.51. The molecule has 0 aromatic heterocycles. The monoisotopic (exact) mass is 250 g/mol. The molecule has 3 N–H and O–H groups in total. The van der Waals surface area contributed by atoms with Crippen molar-refractivity contribution in [1.29, 1.82) is 0 Å². The van der Waals surface area contributed by atoms with Gasteiger partial charge in [-0.1, -0.05) is 37.3 Å². The Labute approximate surface area is 109 Å². The van der Waals surface area contributed by atoms with E-state index >= 15 is 0 Å². The van der Waals surface area contributed by atoms with Crippen molar-refractivity contribution in [3.8, 4) is 0 Å². The van der Waals surface area contributed by atoms with Gasteiger partial charge in [-0.25, -0.2) is 0 Å². The zero-order valence-electron chi connectivity index (χ0n) is 11.1. The molecule has 1 aromatic carbocycles. The second-order valence-electron chi connectivity index (χ2n) is 4.20. The van der Waals surface area contributed by atoms with Crippen LogP contribution in [0.2, 0.25) is 0 Å². The van der Waals surface area contributed by atoms with Gasteiger partial charge in [-0.15, -0.1) is 0 Å². The number of amides is 1. The number of benzene rings is 1. The highest BCUT2D eigenvalue weighted by atomic mass is 16.5. The highest BCUT2D eigenvalue weighted by molar-refractivity contribution is 5.86. The van der Waals surface area contributed by atoms with Gasteiger partial charge in [-0.05, 0) is 25.5 Å². The molecule has 1 atom stereocenters. The average molecular weight is 250 g/mol. The Kier molecular flexibility index (Phi) is 5.82. The average Bonchev–Trinajstić information content (AvgIpc) is 2.40. The van der Waals surface area contributed by atoms with Crippen LogP contribution in [0.3, 0.4) is 0 Å². The largest absolute Gasteiger partial charge is 0.379 e. The number of nitrogens with two attached hydrogens (primary N) is 1. The van der Waals surface area contributed by atoms with Gasteiger partial charge < -0.3 is 10.5 Å². The summed E-state index contributed by atoms with van der Waals surface area (Å²) in [6, 6.07) is 9.49. The summed E-state index contributed by atoms with van der Waals surface area (Å²) in [6.07, 6.45) is 0.925. The van der Waals surface area contributed by atoms with Crippen molar-refractivity contribution < 1.29 is 9.53 Å². The van der Waals surface area contributed by atoms with Crippen molar-refractivity contribution in [2.75, 3.05) is 19.8 Å². The number of carbonyl (C=O) groups is 1. The van der Waals surface area contributed by atoms with E-state index in [1.165, 1.54) is 0 Å². The Morgan fingerprint density at radius 3 is 2.50 bits per heavy atom. The topological polar surface area (TPSA) is 64.3 Å². The van der Waals surface area contributed by atoms with Gasteiger partial charge in [-0.3, -0.25) is 10.1 Å². The third-order valence-electron chi connectivity index (χ3n) is 2.89. The van der Waals surface area contributed by atoms with Crippen LogP contribution in [0.4, 0.5) is 0 Å². The second kappa shape index (κ2) is 7.13.